The summed E-state index contributed by atoms with van der Waals surface area (Å²) in [7, 11) is 0. The maximum absolute atomic E-state index is 13.4. The van der Waals surface area contributed by atoms with Crippen LogP contribution >= 0.6 is 11.3 Å². The Kier molecular flexibility index (Phi) is 5.60. The number of thiophene rings is 1. The smallest absolute Gasteiger partial charge is 0.315 e. The van der Waals surface area contributed by atoms with E-state index in [1.807, 2.05) is 24.4 Å². The second kappa shape index (κ2) is 8.19. The van der Waals surface area contributed by atoms with Crippen molar-refractivity contribution < 1.29 is 19.4 Å². The van der Waals surface area contributed by atoms with Crippen molar-refractivity contribution in [3.63, 3.8) is 0 Å². The van der Waals surface area contributed by atoms with Gasteiger partial charge in [-0.15, -0.1) is 11.3 Å². The summed E-state index contributed by atoms with van der Waals surface area (Å²) in [6.07, 6.45) is 0.797. The predicted octanol–water partition coefficient (Wildman–Crippen LogP) is 4.98. The minimum absolute atomic E-state index is 0.0154. The van der Waals surface area contributed by atoms with Gasteiger partial charge in [0.15, 0.2) is 5.78 Å². The number of hydrogen-bond donors (Lipinski definition) is 1. The number of Topliss-reactive ketones (excluding diaryl/α,β-unsaturated/α-hetero) is 1. The molecule has 2 aliphatic rings. The highest BCUT2D eigenvalue weighted by molar-refractivity contribution is 7.10. The van der Waals surface area contributed by atoms with E-state index in [1.54, 1.807) is 43.4 Å². The van der Waals surface area contributed by atoms with Gasteiger partial charge in [-0.3, -0.25) is 14.6 Å². The van der Waals surface area contributed by atoms with Crippen LogP contribution in [0.4, 0.5) is 0 Å². The number of ether oxygens (including phenoxy) is 1. The Hall–Kier alpha value is -2.73. The first-order chi connectivity index (χ1) is 14.3. The lowest BCUT2D eigenvalue weighted by Crippen LogP contribution is -2.38. The molecule has 6 heteroatoms. The lowest BCUT2D eigenvalue weighted by atomic mass is 9.70. The number of aromatic hydroxyl groups is 1. The highest BCUT2D eigenvalue weighted by atomic mass is 32.1. The molecule has 1 aliphatic heterocycles. The molecule has 3 atom stereocenters. The Morgan fingerprint density at radius 1 is 1.23 bits per heavy atom. The fraction of sp³-hybridized carbons (Fsp3) is 0.375. The molecule has 1 N–H and O–H groups in total. The molecule has 5 nitrogen and oxygen atoms in total. The van der Waals surface area contributed by atoms with Gasteiger partial charge in [0, 0.05) is 40.1 Å². The van der Waals surface area contributed by atoms with Gasteiger partial charge in [-0.05, 0) is 56.3 Å². The van der Waals surface area contributed by atoms with E-state index in [2.05, 4.69) is 6.07 Å². The van der Waals surface area contributed by atoms with Crippen LogP contribution in [0, 0.1) is 5.92 Å². The Bertz CT molecular complexity index is 1040. The van der Waals surface area contributed by atoms with E-state index in [0.29, 0.717) is 24.1 Å². The Balaban J connectivity index is 1.81. The van der Waals surface area contributed by atoms with Gasteiger partial charge in [0.1, 0.15) is 11.7 Å². The van der Waals surface area contributed by atoms with Crippen LogP contribution in [-0.4, -0.2) is 28.7 Å². The Morgan fingerprint density at radius 3 is 2.70 bits per heavy atom. The van der Waals surface area contributed by atoms with Crippen molar-refractivity contribution in [1.82, 2.24) is 0 Å². The molecule has 0 fully saturated rings. The summed E-state index contributed by atoms with van der Waals surface area (Å²) in [5.74, 6) is -1.36. The van der Waals surface area contributed by atoms with Crippen LogP contribution in [0.2, 0.25) is 0 Å². The van der Waals surface area contributed by atoms with Crippen molar-refractivity contribution in [2.75, 3.05) is 0 Å². The summed E-state index contributed by atoms with van der Waals surface area (Å²) in [6, 6.07) is 10.8. The summed E-state index contributed by atoms with van der Waals surface area (Å²) >= 11 is 1.65. The van der Waals surface area contributed by atoms with Gasteiger partial charge in [0.25, 0.3) is 0 Å². The number of phenolic OH excluding ortho intramolecular Hbond substituents is 1. The third-order valence-corrected chi connectivity index (χ3v) is 6.70. The first-order valence-corrected chi connectivity index (χ1v) is 11.1. The number of benzene rings is 1. The fourth-order valence-electron chi connectivity index (χ4n) is 4.47. The first-order valence-electron chi connectivity index (χ1n) is 10.2. The molecule has 4 rings (SSSR count). The second-order valence-corrected chi connectivity index (χ2v) is 9.17. The topological polar surface area (TPSA) is 76.0 Å². The lowest BCUT2D eigenvalue weighted by molar-refractivity contribution is -0.150. The van der Waals surface area contributed by atoms with E-state index >= 15 is 0 Å². The van der Waals surface area contributed by atoms with Crippen molar-refractivity contribution in [2.45, 2.75) is 51.6 Å². The molecule has 1 aliphatic carbocycles. The van der Waals surface area contributed by atoms with E-state index < -0.39 is 11.8 Å². The van der Waals surface area contributed by atoms with Gasteiger partial charge in [-0.2, -0.15) is 0 Å². The molecule has 30 heavy (non-hydrogen) atoms. The quantitative estimate of drug-likeness (QED) is 0.704. The van der Waals surface area contributed by atoms with Gasteiger partial charge in [-0.1, -0.05) is 18.2 Å². The number of carbonyl (C=O) groups excluding carboxylic acids is 2. The van der Waals surface area contributed by atoms with E-state index in [4.69, 9.17) is 9.73 Å². The third kappa shape index (κ3) is 3.84. The standard InChI is InChI=1S/C24H25NO4S/c1-13(2)29-24(28)21-14(3)25-18-11-16(20-8-5-9-30-20)12-19(27)23(18)22(21)15-6-4-7-17(26)10-15/h4-10,13,16,21-22,26H,11-12H2,1-3H3/t16-,21?,22+/m0/s1. The molecule has 1 aromatic carbocycles. The molecule has 0 spiro atoms. The van der Waals surface area contributed by atoms with Crippen LogP contribution in [0.25, 0.3) is 0 Å². The highest BCUT2D eigenvalue weighted by Crippen LogP contribution is 2.47. The minimum Gasteiger partial charge on any atom is -0.508 e. The van der Waals surface area contributed by atoms with Gasteiger partial charge < -0.3 is 9.84 Å². The van der Waals surface area contributed by atoms with Gasteiger partial charge >= 0.3 is 5.97 Å². The number of esters is 1. The van der Waals surface area contributed by atoms with E-state index in [0.717, 1.165) is 11.3 Å². The molecule has 0 amide bonds. The van der Waals surface area contributed by atoms with E-state index in [9.17, 15) is 14.7 Å². The molecular formula is C24H25NO4S. The van der Waals surface area contributed by atoms with Gasteiger partial charge in [0.2, 0.25) is 0 Å². The predicted molar refractivity (Wildman–Crippen MR) is 117 cm³/mol. The zero-order chi connectivity index (χ0) is 21.4. The number of allylic oxidation sites excluding steroid dienone is 2. The van der Waals surface area contributed by atoms with E-state index in [-0.39, 0.29) is 29.5 Å². The number of phenols is 1. The number of aliphatic imine (C=N–C) groups is 1. The first kappa shape index (κ1) is 20.5. The van der Waals surface area contributed by atoms with Crippen molar-refractivity contribution in [3.8, 4) is 5.75 Å². The minimum atomic E-state index is -0.685. The monoisotopic (exact) mass is 423 g/mol. The number of rotatable bonds is 4. The number of nitrogens with zero attached hydrogens (tertiary/aromatic N) is 1. The van der Waals surface area contributed by atoms with Crippen LogP contribution in [0.5, 0.6) is 5.75 Å². The van der Waals surface area contributed by atoms with Crippen LogP contribution in [0.3, 0.4) is 0 Å². The van der Waals surface area contributed by atoms with Gasteiger partial charge in [0.05, 0.1) is 6.10 Å². The van der Waals surface area contributed by atoms with Crippen molar-refractivity contribution >= 4 is 28.8 Å². The van der Waals surface area contributed by atoms with Crippen LogP contribution in [-0.2, 0) is 14.3 Å². The second-order valence-electron chi connectivity index (χ2n) is 8.19. The Labute approximate surface area is 180 Å². The summed E-state index contributed by atoms with van der Waals surface area (Å²) < 4.78 is 5.52. The Morgan fingerprint density at radius 2 is 2.03 bits per heavy atom. The molecule has 2 aromatic rings. The number of ketones is 1. The molecular weight excluding hydrogens is 398 g/mol. The maximum Gasteiger partial charge on any atom is 0.315 e. The molecule has 0 bridgehead atoms. The molecule has 1 aromatic heterocycles. The summed E-state index contributed by atoms with van der Waals surface area (Å²) in [6.45, 7) is 5.43. The van der Waals surface area contributed by atoms with Crippen molar-refractivity contribution in [2.24, 2.45) is 10.9 Å². The molecule has 0 radical (unpaired) electrons. The summed E-state index contributed by atoms with van der Waals surface area (Å²) in [5.41, 5.74) is 2.71. The van der Waals surface area contributed by atoms with Crippen LogP contribution < -0.4 is 0 Å². The highest BCUT2D eigenvalue weighted by Gasteiger charge is 2.45. The third-order valence-electron chi connectivity index (χ3n) is 5.67. The lowest BCUT2D eigenvalue weighted by Gasteiger charge is -2.36. The number of hydrogen-bond acceptors (Lipinski definition) is 6. The fourth-order valence-corrected chi connectivity index (χ4v) is 5.30. The SMILES string of the molecule is CC1=NC2=C(C(=O)C[C@@H](c3cccs3)C2)[C@H](c2cccc(O)c2)C1C(=O)OC(C)C. The average molecular weight is 424 g/mol. The largest absolute Gasteiger partial charge is 0.508 e. The molecule has 156 valence electrons. The molecule has 2 heterocycles. The zero-order valence-corrected chi connectivity index (χ0v) is 18.1. The summed E-state index contributed by atoms with van der Waals surface area (Å²) in [5, 5.41) is 12.1. The molecule has 1 unspecified atom stereocenters. The van der Waals surface area contributed by atoms with Crippen molar-refractivity contribution in [1.29, 1.82) is 0 Å². The van der Waals surface area contributed by atoms with Crippen molar-refractivity contribution in [3.05, 3.63) is 63.5 Å². The van der Waals surface area contributed by atoms with E-state index in [1.165, 1.54) is 4.88 Å². The van der Waals surface area contributed by atoms with Gasteiger partial charge in [-0.25, -0.2) is 0 Å². The number of carbonyl (C=O) groups is 2. The van der Waals surface area contributed by atoms with Crippen LogP contribution in [0.15, 0.2) is 58.0 Å². The normalized spacial score (nSPS) is 23.9. The maximum atomic E-state index is 13.4. The van der Waals surface area contributed by atoms with Crippen LogP contribution in [0.1, 0.15) is 55.9 Å². The average Bonchev–Trinajstić information content (AvgIpc) is 3.21. The molecule has 0 saturated heterocycles. The molecule has 0 saturated carbocycles. The summed E-state index contributed by atoms with van der Waals surface area (Å²) in [4.78, 5) is 32.3. The zero-order valence-electron chi connectivity index (χ0n) is 17.3.